The summed E-state index contributed by atoms with van der Waals surface area (Å²) in [6, 6.07) is 9.51. The van der Waals surface area contributed by atoms with Gasteiger partial charge in [0.05, 0.1) is 0 Å². The second-order valence-corrected chi connectivity index (χ2v) is 3.88. The number of ether oxygens (including phenoxy) is 1. The Hall–Kier alpha value is -1.84. The van der Waals surface area contributed by atoms with E-state index in [1.807, 2.05) is 49.5 Å². The van der Waals surface area contributed by atoms with Gasteiger partial charge in [-0.25, -0.2) is 4.79 Å². The molecule has 2 unspecified atom stereocenters. The molecule has 0 fully saturated rings. The van der Waals surface area contributed by atoms with Crippen LogP contribution in [0.2, 0.25) is 0 Å². The van der Waals surface area contributed by atoms with Gasteiger partial charge in [0, 0.05) is 0 Å². The molecule has 0 aliphatic rings. The van der Waals surface area contributed by atoms with Crippen LogP contribution in [0.5, 0.6) is 0 Å². The molecule has 0 bridgehead atoms. The van der Waals surface area contributed by atoms with Crippen LogP contribution in [0.4, 0.5) is 4.79 Å². The smallest absolute Gasteiger partial charge is 0.414 e. The van der Waals surface area contributed by atoms with Crippen LogP contribution in [-0.2, 0) is 9.53 Å². The summed E-state index contributed by atoms with van der Waals surface area (Å²) in [6.07, 6.45) is 0.157. The molecule has 0 heterocycles. The van der Waals surface area contributed by atoms with Crippen LogP contribution >= 0.6 is 0 Å². The van der Waals surface area contributed by atoms with Crippen molar-refractivity contribution in [2.24, 2.45) is 5.92 Å². The van der Waals surface area contributed by atoms with E-state index < -0.39 is 6.09 Å². The van der Waals surface area contributed by atoms with Gasteiger partial charge in [-0.15, -0.1) is 0 Å². The van der Waals surface area contributed by atoms with Gasteiger partial charge in [0.25, 0.3) is 0 Å². The van der Waals surface area contributed by atoms with Gasteiger partial charge in [-0.1, -0.05) is 44.2 Å². The fourth-order valence-corrected chi connectivity index (χ4v) is 1.57. The van der Waals surface area contributed by atoms with Crippen molar-refractivity contribution < 1.29 is 14.3 Å². The monoisotopic (exact) mass is 235 g/mol. The summed E-state index contributed by atoms with van der Waals surface area (Å²) in [7, 11) is 0. The van der Waals surface area contributed by atoms with Crippen molar-refractivity contribution in [1.29, 1.82) is 0 Å². The van der Waals surface area contributed by atoms with Crippen molar-refractivity contribution in [3.05, 3.63) is 35.9 Å². The summed E-state index contributed by atoms with van der Waals surface area (Å²) in [5, 5.41) is 1.98. The Morgan fingerprint density at radius 3 is 2.59 bits per heavy atom. The molecule has 0 saturated carbocycles. The maximum atomic E-state index is 11.3. The SMILES string of the molecule is CCC(C)C(OC(=O)NC=O)c1ccccc1. The summed E-state index contributed by atoms with van der Waals surface area (Å²) >= 11 is 0. The van der Waals surface area contributed by atoms with E-state index in [4.69, 9.17) is 4.74 Å². The number of carbonyl (C=O) groups excluding carboxylic acids is 2. The van der Waals surface area contributed by atoms with E-state index in [0.29, 0.717) is 6.41 Å². The number of alkyl carbamates (subject to hydrolysis) is 1. The Morgan fingerprint density at radius 2 is 2.06 bits per heavy atom. The molecule has 0 aliphatic heterocycles. The number of amides is 2. The lowest BCUT2D eigenvalue weighted by molar-refractivity contribution is -0.109. The minimum absolute atomic E-state index is 0.190. The summed E-state index contributed by atoms with van der Waals surface area (Å²) < 4.78 is 5.25. The van der Waals surface area contributed by atoms with Crippen LogP contribution in [-0.4, -0.2) is 12.5 Å². The Kier molecular flexibility index (Phi) is 5.20. The van der Waals surface area contributed by atoms with Gasteiger partial charge in [0.15, 0.2) is 0 Å². The normalized spacial score (nSPS) is 13.5. The van der Waals surface area contributed by atoms with Crippen molar-refractivity contribution in [3.8, 4) is 0 Å². The highest BCUT2D eigenvalue weighted by atomic mass is 16.6. The molecule has 0 aromatic heterocycles. The number of hydrogen-bond donors (Lipinski definition) is 1. The van der Waals surface area contributed by atoms with Gasteiger partial charge in [-0.05, 0) is 17.9 Å². The van der Waals surface area contributed by atoms with Crippen molar-refractivity contribution >= 4 is 12.5 Å². The standard InChI is InChI=1S/C13H17NO3/c1-3-10(2)12(17-13(16)14-9-15)11-7-5-4-6-8-11/h4-10,12H,3H2,1-2H3,(H,14,15,16). The predicted molar refractivity (Wildman–Crippen MR) is 64.3 cm³/mol. The number of hydrogen-bond acceptors (Lipinski definition) is 3. The predicted octanol–water partition coefficient (Wildman–Crippen LogP) is 2.66. The molecular formula is C13H17NO3. The molecule has 2 amide bonds. The molecule has 0 radical (unpaired) electrons. The van der Waals surface area contributed by atoms with E-state index in [1.54, 1.807) is 0 Å². The van der Waals surface area contributed by atoms with Crippen molar-refractivity contribution in [2.45, 2.75) is 26.4 Å². The van der Waals surface area contributed by atoms with Crippen LogP contribution < -0.4 is 5.32 Å². The molecule has 0 aliphatic carbocycles. The van der Waals surface area contributed by atoms with Crippen LogP contribution in [0.3, 0.4) is 0 Å². The van der Waals surface area contributed by atoms with Crippen molar-refractivity contribution in [1.82, 2.24) is 5.32 Å². The van der Waals surface area contributed by atoms with Crippen LogP contribution in [0, 0.1) is 5.92 Å². The fourth-order valence-electron chi connectivity index (χ4n) is 1.57. The lowest BCUT2D eigenvalue weighted by Gasteiger charge is -2.23. The third-order valence-electron chi connectivity index (χ3n) is 2.70. The lowest BCUT2D eigenvalue weighted by atomic mass is 9.95. The van der Waals surface area contributed by atoms with Gasteiger partial charge in [-0.3, -0.25) is 10.1 Å². The highest BCUT2D eigenvalue weighted by molar-refractivity contribution is 5.79. The zero-order valence-corrected chi connectivity index (χ0v) is 10.1. The molecule has 92 valence electrons. The number of nitrogens with one attached hydrogen (secondary N) is 1. The van der Waals surface area contributed by atoms with Crippen LogP contribution in [0.15, 0.2) is 30.3 Å². The van der Waals surface area contributed by atoms with E-state index in [0.717, 1.165) is 12.0 Å². The molecule has 1 rings (SSSR count). The number of carbonyl (C=O) groups is 2. The van der Waals surface area contributed by atoms with E-state index in [2.05, 4.69) is 0 Å². The van der Waals surface area contributed by atoms with Gasteiger partial charge in [-0.2, -0.15) is 0 Å². The first kappa shape index (κ1) is 13.2. The largest absolute Gasteiger partial charge is 0.441 e. The third-order valence-corrected chi connectivity index (χ3v) is 2.70. The van der Waals surface area contributed by atoms with Gasteiger partial charge >= 0.3 is 6.09 Å². The Morgan fingerprint density at radius 1 is 1.41 bits per heavy atom. The zero-order valence-electron chi connectivity index (χ0n) is 10.1. The molecule has 2 atom stereocenters. The van der Waals surface area contributed by atoms with Gasteiger partial charge < -0.3 is 4.74 Å². The quantitative estimate of drug-likeness (QED) is 0.798. The molecule has 1 N–H and O–H groups in total. The summed E-state index contributed by atoms with van der Waals surface area (Å²) in [5.74, 6) is 0.190. The van der Waals surface area contributed by atoms with Crippen molar-refractivity contribution in [2.75, 3.05) is 0 Å². The second-order valence-electron chi connectivity index (χ2n) is 3.88. The average Bonchev–Trinajstić information content (AvgIpc) is 2.36. The van der Waals surface area contributed by atoms with E-state index in [-0.39, 0.29) is 12.0 Å². The molecule has 4 heteroatoms. The molecule has 4 nitrogen and oxygen atoms in total. The van der Waals surface area contributed by atoms with Crippen LogP contribution in [0.1, 0.15) is 31.9 Å². The first-order chi connectivity index (χ1) is 8.19. The highest BCUT2D eigenvalue weighted by Crippen LogP contribution is 2.27. The minimum atomic E-state index is -0.714. The maximum Gasteiger partial charge on any atom is 0.414 e. The Bertz CT molecular complexity index is 364. The molecule has 17 heavy (non-hydrogen) atoms. The molecular weight excluding hydrogens is 218 g/mol. The van der Waals surface area contributed by atoms with Gasteiger partial charge in [0.2, 0.25) is 6.41 Å². The van der Waals surface area contributed by atoms with Crippen molar-refractivity contribution in [3.63, 3.8) is 0 Å². The van der Waals surface area contributed by atoms with E-state index >= 15 is 0 Å². The van der Waals surface area contributed by atoms with Crippen LogP contribution in [0.25, 0.3) is 0 Å². The molecule has 1 aromatic rings. The molecule has 1 aromatic carbocycles. The number of rotatable bonds is 5. The summed E-state index contributed by atoms with van der Waals surface area (Å²) in [6.45, 7) is 4.04. The topological polar surface area (TPSA) is 55.4 Å². The average molecular weight is 235 g/mol. The minimum Gasteiger partial charge on any atom is -0.441 e. The molecule has 0 spiro atoms. The number of benzene rings is 1. The summed E-state index contributed by atoms with van der Waals surface area (Å²) in [4.78, 5) is 21.4. The fraction of sp³-hybridized carbons (Fsp3) is 0.385. The number of imide groups is 1. The van der Waals surface area contributed by atoms with E-state index in [1.165, 1.54) is 0 Å². The Balaban J connectivity index is 2.81. The highest BCUT2D eigenvalue weighted by Gasteiger charge is 2.21. The summed E-state index contributed by atoms with van der Waals surface area (Å²) in [5.41, 5.74) is 0.933. The first-order valence-corrected chi connectivity index (χ1v) is 5.64. The second kappa shape index (κ2) is 6.68. The van der Waals surface area contributed by atoms with Gasteiger partial charge in [0.1, 0.15) is 6.10 Å². The van der Waals surface area contributed by atoms with E-state index in [9.17, 15) is 9.59 Å². The maximum absolute atomic E-state index is 11.3. The lowest BCUT2D eigenvalue weighted by Crippen LogP contribution is -2.26. The first-order valence-electron chi connectivity index (χ1n) is 5.64. The third kappa shape index (κ3) is 3.90. The molecule has 0 saturated heterocycles. The Labute approximate surface area is 101 Å². The zero-order chi connectivity index (χ0) is 12.7.